The van der Waals surface area contributed by atoms with Gasteiger partial charge in [0.15, 0.2) is 0 Å². The summed E-state index contributed by atoms with van der Waals surface area (Å²) in [6.07, 6.45) is 1.93. The van der Waals surface area contributed by atoms with E-state index < -0.39 is 0 Å². The minimum Gasteiger partial charge on any atom is -0.398 e. The second-order valence-electron chi connectivity index (χ2n) is 6.75. The maximum absolute atomic E-state index is 12.9. The number of rotatable bonds is 3. The van der Waals surface area contributed by atoms with Gasteiger partial charge in [0.1, 0.15) is 0 Å². The topological polar surface area (TPSA) is 55.1 Å². The summed E-state index contributed by atoms with van der Waals surface area (Å²) in [5.74, 6) is -0.0500. The number of benzene rings is 3. The van der Waals surface area contributed by atoms with Crippen LogP contribution < -0.4 is 11.1 Å². The smallest absolute Gasteiger partial charge is 0.252 e. The summed E-state index contributed by atoms with van der Waals surface area (Å²) in [4.78, 5) is 12.9. The molecule has 25 heavy (non-hydrogen) atoms. The van der Waals surface area contributed by atoms with Crippen molar-refractivity contribution in [1.82, 2.24) is 5.32 Å². The molecular formula is C21H19IN2O. The van der Waals surface area contributed by atoms with E-state index in [-0.39, 0.29) is 11.4 Å². The highest BCUT2D eigenvalue weighted by atomic mass is 127. The molecule has 4 heteroatoms. The number of carbonyl (C=O) groups is 1. The molecule has 1 saturated carbocycles. The maximum atomic E-state index is 12.9. The molecule has 4 rings (SSSR count). The molecule has 1 fully saturated rings. The van der Waals surface area contributed by atoms with E-state index in [2.05, 4.69) is 58.2 Å². The first-order valence-electron chi connectivity index (χ1n) is 8.36. The van der Waals surface area contributed by atoms with Crippen molar-refractivity contribution in [3.8, 4) is 0 Å². The predicted molar refractivity (Wildman–Crippen MR) is 111 cm³/mol. The summed E-state index contributed by atoms with van der Waals surface area (Å²) in [5.41, 5.74) is 9.20. The van der Waals surface area contributed by atoms with E-state index in [0.29, 0.717) is 11.3 Å². The number of amides is 1. The molecule has 0 radical (unpaired) electrons. The Balaban J connectivity index is 1.71. The lowest BCUT2D eigenvalue weighted by Crippen LogP contribution is -2.35. The van der Waals surface area contributed by atoms with Crippen LogP contribution in [0.25, 0.3) is 10.8 Å². The fraction of sp³-hybridized carbons (Fsp3) is 0.190. The Bertz CT molecular complexity index is 987. The van der Waals surface area contributed by atoms with Gasteiger partial charge >= 0.3 is 0 Å². The number of aryl methyl sites for hydroxylation is 1. The molecular weight excluding hydrogens is 423 g/mol. The van der Waals surface area contributed by atoms with Gasteiger partial charge in [-0.3, -0.25) is 4.79 Å². The van der Waals surface area contributed by atoms with E-state index in [1.807, 2.05) is 25.1 Å². The minimum atomic E-state index is -0.262. The van der Waals surface area contributed by atoms with Crippen molar-refractivity contribution in [1.29, 1.82) is 0 Å². The fourth-order valence-corrected chi connectivity index (χ4v) is 4.07. The number of carbonyl (C=O) groups excluding carboxylic acids is 1. The van der Waals surface area contributed by atoms with Crippen LogP contribution >= 0.6 is 22.6 Å². The molecule has 0 bridgehead atoms. The molecule has 0 aromatic heterocycles. The summed E-state index contributed by atoms with van der Waals surface area (Å²) < 4.78 is 0.974. The monoisotopic (exact) mass is 442 g/mol. The number of anilines is 1. The highest BCUT2D eigenvalue weighted by Gasteiger charge is 2.46. The van der Waals surface area contributed by atoms with E-state index in [4.69, 9.17) is 5.73 Å². The van der Waals surface area contributed by atoms with Gasteiger partial charge < -0.3 is 11.1 Å². The fourth-order valence-electron chi connectivity index (χ4n) is 3.45. The molecule has 0 spiro atoms. The third-order valence-electron chi connectivity index (χ3n) is 5.00. The zero-order valence-electron chi connectivity index (χ0n) is 14.0. The minimum absolute atomic E-state index is 0.0500. The lowest BCUT2D eigenvalue weighted by Gasteiger charge is -2.21. The Kier molecular flexibility index (Phi) is 3.95. The normalized spacial score (nSPS) is 15.1. The molecule has 1 aliphatic carbocycles. The molecule has 0 atom stereocenters. The van der Waals surface area contributed by atoms with Crippen LogP contribution in [-0.2, 0) is 5.54 Å². The van der Waals surface area contributed by atoms with Crippen LogP contribution in [0.1, 0.15) is 34.3 Å². The summed E-state index contributed by atoms with van der Waals surface area (Å²) in [6, 6.07) is 18.4. The molecule has 0 heterocycles. The summed E-state index contributed by atoms with van der Waals surface area (Å²) in [5, 5.41) is 5.70. The highest BCUT2D eigenvalue weighted by molar-refractivity contribution is 14.1. The second-order valence-corrected chi connectivity index (χ2v) is 7.91. The van der Waals surface area contributed by atoms with Gasteiger partial charge in [-0.25, -0.2) is 0 Å². The maximum Gasteiger partial charge on any atom is 0.252 e. The van der Waals surface area contributed by atoms with Crippen LogP contribution in [-0.4, -0.2) is 5.91 Å². The first kappa shape index (κ1) is 16.4. The highest BCUT2D eigenvalue weighted by Crippen LogP contribution is 2.48. The third-order valence-corrected chi connectivity index (χ3v) is 5.93. The van der Waals surface area contributed by atoms with Crippen LogP contribution in [0.2, 0.25) is 0 Å². The van der Waals surface area contributed by atoms with E-state index >= 15 is 0 Å². The van der Waals surface area contributed by atoms with Crippen molar-refractivity contribution < 1.29 is 4.79 Å². The number of halogens is 1. The van der Waals surface area contributed by atoms with Crippen molar-refractivity contribution in [2.45, 2.75) is 25.3 Å². The van der Waals surface area contributed by atoms with Crippen LogP contribution in [0, 0.1) is 10.5 Å². The van der Waals surface area contributed by atoms with Gasteiger partial charge in [-0.1, -0.05) is 42.5 Å². The van der Waals surface area contributed by atoms with Gasteiger partial charge in [-0.05, 0) is 76.4 Å². The first-order chi connectivity index (χ1) is 12.0. The Morgan fingerprint density at radius 2 is 1.84 bits per heavy atom. The van der Waals surface area contributed by atoms with Gasteiger partial charge in [-0.15, -0.1) is 0 Å². The molecule has 126 valence electrons. The van der Waals surface area contributed by atoms with Crippen LogP contribution in [0.4, 0.5) is 5.69 Å². The second kappa shape index (κ2) is 6.02. The number of nitrogens with one attached hydrogen (secondary N) is 1. The lowest BCUT2D eigenvalue weighted by atomic mass is 9.96. The standard InChI is InChI=1S/C21H19IN2O/c1-13-11-18(22)19(23)12-16(13)20(25)24-21(9-10-21)17-8-4-6-14-5-2-3-7-15(14)17/h2-8,11-12H,9-10,23H2,1H3,(H,24,25). The number of fused-ring (bicyclic) bond motifs is 1. The molecule has 0 unspecified atom stereocenters. The van der Waals surface area contributed by atoms with E-state index in [9.17, 15) is 4.79 Å². The molecule has 0 saturated heterocycles. The number of nitrogen functional groups attached to an aromatic ring is 1. The van der Waals surface area contributed by atoms with E-state index in [1.165, 1.54) is 16.3 Å². The van der Waals surface area contributed by atoms with E-state index in [0.717, 1.165) is 22.0 Å². The molecule has 1 amide bonds. The van der Waals surface area contributed by atoms with Crippen LogP contribution in [0.3, 0.4) is 0 Å². The van der Waals surface area contributed by atoms with Gasteiger partial charge in [0.05, 0.1) is 5.54 Å². The van der Waals surface area contributed by atoms with Crippen molar-refractivity contribution in [2.75, 3.05) is 5.73 Å². The van der Waals surface area contributed by atoms with Crippen molar-refractivity contribution in [3.63, 3.8) is 0 Å². The number of nitrogens with two attached hydrogens (primary N) is 1. The third kappa shape index (κ3) is 2.88. The average molecular weight is 442 g/mol. The Labute approximate surface area is 160 Å². The zero-order chi connectivity index (χ0) is 17.6. The summed E-state index contributed by atoms with van der Waals surface area (Å²) in [7, 11) is 0. The molecule has 3 aromatic rings. The van der Waals surface area contributed by atoms with Crippen molar-refractivity contribution in [2.24, 2.45) is 0 Å². The number of hydrogen-bond donors (Lipinski definition) is 2. The predicted octanol–water partition coefficient (Wildman–Crippen LogP) is 4.75. The van der Waals surface area contributed by atoms with Crippen LogP contribution in [0.5, 0.6) is 0 Å². The zero-order valence-corrected chi connectivity index (χ0v) is 16.1. The first-order valence-corrected chi connectivity index (χ1v) is 9.44. The molecule has 3 aromatic carbocycles. The lowest BCUT2D eigenvalue weighted by molar-refractivity contribution is 0.0930. The largest absolute Gasteiger partial charge is 0.398 e. The van der Waals surface area contributed by atoms with Gasteiger partial charge in [0.2, 0.25) is 0 Å². The summed E-state index contributed by atoms with van der Waals surface area (Å²) in [6.45, 7) is 1.95. The average Bonchev–Trinajstić information content (AvgIpc) is 3.38. The SMILES string of the molecule is Cc1cc(I)c(N)cc1C(=O)NC1(c2cccc3ccccc23)CC1. The van der Waals surface area contributed by atoms with Gasteiger partial charge in [-0.2, -0.15) is 0 Å². The quantitative estimate of drug-likeness (QED) is 0.454. The van der Waals surface area contributed by atoms with Crippen LogP contribution in [0.15, 0.2) is 54.6 Å². The molecule has 0 aliphatic heterocycles. The Hall–Kier alpha value is -2.08. The number of hydrogen-bond acceptors (Lipinski definition) is 2. The molecule has 1 aliphatic rings. The van der Waals surface area contributed by atoms with Gasteiger partial charge in [0, 0.05) is 14.8 Å². The van der Waals surface area contributed by atoms with Crippen molar-refractivity contribution in [3.05, 3.63) is 74.9 Å². The Morgan fingerprint density at radius 1 is 1.12 bits per heavy atom. The van der Waals surface area contributed by atoms with Gasteiger partial charge in [0.25, 0.3) is 5.91 Å². The molecule has 3 nitrogen and oxygen atoms in total. The summed E-state index contributed by atoms with van der Waals surface area (Å²) >= 11 is 2.19. The molecule has 3 N–H and O–H groups in total. The Morgan fingerprint density at radius 3 is 2.60 bits per heavy atom. The van der Waals surface area contributed by atoms with Crippen molar-refractivity contribution >= 4 is 45.0 Å². The van der Waals surface area contributed by atoms with E-state index in [1.54, 1.807) is 6.07 Å².